The molecule has 3 aromatic carbocycles. The number of hydrogen-bond donors (Lipinski definition) is 1. The maximum Gasteiger partial charge on any atom is 0.334 e. The molecule has 4 amide bonds. The molecule has 0 spiro atoms. The highest BCUT2D eigenvalue weighted by atomic mass is 16.2. The molecule has 44 heavy (non-hydrogen) atoms. The van der Waals surface area contributed by atoms with Gasteiger partial charge in [-0.3, -0.25) is 9.59 Å². The van der Waals surface area contributed by atoms with Crippen molar-refractivity contribution in [3.63, 3.8) is 0 Å². The van der Waals surface area contributed by atoms with E-state index < -0.39 is 12.2 Å². The smallest absolute Gasteiger partial charge is 0.334 e. The van der Waals surface area contributed by atoms with Gasteiger partial charge in [0.2, 0.25) is 11.8 Å². The van der Waals surface area contributed by atoms with E-state index in [9.17, 15) is 14.4 Å². The van der Waals surface area contributed by atoms with Gasteiger partial charge >= 0.3 is 6.03 Å². The average Bonchev–Trinajstić information content (AvgIpc) is 3.06. The van der Waals surface area contributed by atoms with Gasteiger partial charge < -0.3 is 15.1 Å². The highest BCUT2D eigenvalue weighted by Gasteiger charge is 2.51. The number of fused-ring (bicyclic) bond motifs is 1. The summed E-state index contributed by atoms with van der Waals surface area (Å²) in [5.74, 6) is -0.231. The van der Waals surface area contributed by atoms with Crippen molar-refractivity contribution >= 4 is 17.8 Å². The van der Waals surface area contributed by atoms with Gasteiger partial charge in [-0.25, -0.2) is 14.8 Å². The predicted molar refractivity (Wildman–Crippen MR) is 170 cm³/mol. The van der Waals surface area contributed by atoms with Crippen molar-refractivity contribution in [1.82, 2.24) is 25.1 Å². The molecule has 2 saturated heterocycles. The summed E-state index contributed by atoms with van der Waals surface area (Å²) in [7, 11) is 1.76. The van der Waals surface area contributed by atoms with Crippen molar-refractivity contribution in [3.8, 4) is 0 Å². The molecule has 3 aromatic rings. The fourth-order valence-electron chi connectivity index (χ4n) is 6.62. The first-order chi connectivity index (χ1) is 21.5. The summed E-state index contributed by atoms with van der Waals surface area (Å²) >= 11 is 0. The number of piperazine rings is 1. The van der Waals surface area contributed by atoms with Crippen LogP contribution in [0.2, 0.25) is 0 Å². The first-order valence-corrected chi connectivity index (χ1v) is 15.4. The van der Waals surface area contributed by atoms with Crippen molar-refractivity contribution < 1.29 is 14.4 Å². The monoisotopic (exact) mass is 589 g/mol. The molecule has 2 fully saturated rings. The van der Waals surface area contributed by atoms with E-state index in [1.807, 2.05) is 83.8 Å². The molecule has 0 bridgehead atoms. The Morgan fingerprint density at radius 1 is 0.909 bits per heavy atom. The molecule has 2 aliphatic heterocycles. The molecule has 3 atom stereocenters. The Bertz CT molecular complexity index is 1530. The van der Waals surface area contributed by atoms with Crippen LogP contribution in [0.3, 0.4) is 0 Å². The molecule has 226 valence electrons. The highest BCUT2D eigenvalue weighted by Crippen LogP contribution is 2.34. The van der Waals surface area contributed by atoms with Gasteiger partial charge in [0.05, 0.1) is 13.1 Å². The molecule has 1 aliphatic carbocycles. The maximum absolute atomic E-state index is 14.4. The molecular weight excluding hydrogens is 550 g/mol. The van der Waals surface area contributed by atoms with Gasteiger partial charge in [-0.1, -0.05) is 115 Å². The fourth-order valence-corrected chi connectivity index (χ4v) is 6.62. The van der Waals surface area contributed by atoms with Crippen LogP contribution in [0, 0.1) is 0 Å². The van der Waals surface area contributed by atoms with Gasteiger partial charge in [-0.2, -0.15) is 0 Å². The quantitative estimate of drug-likeness (QED) is 0.413. The number of hydrogen-bond acceptors (Lipinski definition) is 4. The van der Waals surface area contributed by atoms with Crippen molar-refractivity contribution in [2.45, 2.75) is 43.9 Å². The molecule has 1 unspecified atom stereocenters. The third-order valence-electron chi connectivity index (χ3n) is 8.80. The topological polar surface area (TPSA) is 76.2 Å². The molecule has 6 rings (SSSR count). The molecule has 8 nitrogen and oxygen atoms in total. The summed E-state index contributed by atoms with van der Waals surface area (Å²) in [5.41, 5.74) is 4.38. The summed E-state index contributed by atoms with van der Waals surface area (Å²) in [6, 6.07) is 28.8. The van der Waals surface area contributed by atoms with Gasteiger partial charge in [0.15, 0.2) is 0 Å². The summed E-state index contributed by atoms with van der Waals surface area (Å²) in [6.45, 7) is 1.07. The van der Waals surface area contributed by atoms with Crippen LogP contribution < -0.4 is 5.32 Å². The van der Waals surface area contributed by atoms with Gasteiger partial charge in [0.25, 0.3) is 0 Å². The Kier molecular flexibility index (Phi) is 8.89. The average molecular weight is 590 g/mol. The number of hydrazine groups is 1. The number of nitrogens with one attached hydrogen (secondary N) is 1. The van der Waals surface area contributed by atoms with Crippen LogP contribution in [-0.2, 0) is 22.6 Å². The number of nitrogens with zero attached hydrogens (tertiary/aromatic N) is 4. The van der Waals surface area contributed by atoms with Crippen LogP contribution in [-0.4, -0.2) is 76.6 Å². The molecule has 0 aromatic heterocycles. The first kappa shape index (κ1) is 29.4. The predicted octanol–water partition coefficient (Wildman–Crippen LogP) is 4.73. The van der Waals surface area contributed by atoms with Crippen molar-refractivity contribution in [1.29, 1.82) is 0 Å². The Labute approximate surface area is 259 Å². The largest absolute Gasteiger partial charge is 0.336 e. The van der Waals surface area contributed by atoms with Crippen LogP contribution in [0.25, 0.3) is 0 Å². The standard InChI is InChI=1S/C36H39N5O3/c1-38-26-34(42)40-32(22-27-14-6-2-7-15-27)35(43)39(24-31(29-18-10-4-11-19-29)30-20-12-5-13-21-30)25-33(40)41(38)36(44)37-23-28-16-8-3-9-17-28/h2-12,14-20,31-33H,13,21-26H2,1H3,(H,37,44)/t31?,32-,33-/m0/s1. The molecule has 2 heterocycles. The van der Waals surface area contributed by atoms with Crippen LogP contribution in [0.15, 0.2) is 115 Å². The minimum absolute atomic E-state index is 0.00593. The normalized spacial score (nSPS) is 21.1. The summed E-state index contributed by atoms with van der Waals surface area (Å²) in [5, 5.41) is 6.35. The second kappa shape index (κ2) is 13.3. The second-order valence-corrected chi connectivity index (χ2v) is 11.7. The van der Waals surface area contributed by atoms with E-state index in [2.05, 4.69) is 35.7 Å². The molecule has 0 radical (unpaired) electrons. The Morgan fingerprint density at radius 3 is 2.23 bits per heavy atom. The van der Waals surface area contributed by atoms with E-state index in [1.54, 1.807) is 22.0 Å². The summed E-state index contributed by atoms with van der Waals surface area (Å²) in [6.07, 6.45) is 8.07. The zero-order valence-electron chi connectivity index (χ0n) is 25.1. The SMILES string of the molecule is CN1CC(=O)N2[C@@H](Cc3ccccc3)C(=O)N(CC(C3=CC=CCC3)c3ccccc3)C[C@@H]2N1C(=O)NCc1ccccc1. The molecule has 8 heteroatoms. The van der Waals surface area contributed by atoms with Crippen LogP contribution in [0.4, 0.5) is 4.79 Å². The third-order valence-corrected chi connectivity index (χ3v) is 8.80. The summed E-state index contributed by atoms with van der Waals surface area (Å²) < 4.78 is 0. The van der Waals surface area contributed by atoms with Crippen molar-refractivity contribution in [2.75, 3.05) is 26.7 Å². The zero-order valence-corrected chi connectivity index (χ0v) is 25.1. The molecule has 0 saturated carbocycles. The number of benzene rings is 3. The lowest BCUT2D eigenvalue weighted by Gasteiger charge is -2.54. The van der Waals surface area contributed by atoms with E-state index in [4.69, 9.17) is 0 Å². The highest BCUT2D eigenvalue weighted by molar-refractivity contribution is 5.91. The van der Waals surface area contributed by atoms with Gasteiger partial charge in [0.1, 0.15) is 12.2 Å². The molecular formula is C36H39N5O3. The van der Waals surface area contributed by atoms with Gasteiger partial charge in [-0.05, 0) is 29.5 Å². The lowest BCUT2D eigenvalue weighted by molar-refractivity contribution is -0.187. The Morgan fingerprint density at radius 2 is 1.57 bits per heavy atom. The van der Waals surface area contributed by atoms with E-state index in [0.717, 1.165) is 29.5 Å². The van der Waals surface area contributed by atoms with Gasteiger partial charge in [-0.15, -0.1) is 0 Å². The third kappa shape index (κ3) is 6.31. The van der Waals surface area contributed by atoms with Gasteiger partial charge in [0, 0.05) is 32.5 Å². The van der Waals surface area contributed by atoms with Crippen molar-refractivity contribution in [2.24, 2.45) is 0 Å². The minimum Gasteiger partial charge on any atom is -0.336 e. The summed E-state index contributed by atoms with van der Waals surface area (Å²) in [4.78, 5) is 45.4. The Balaban J connectivity index is 1.34. The van der Waals surface area contributed by atoms with E-state index >= 15 is 0 Å². The number of amides is 4. The minimum atomic E-state index is -0.724. The van der Waals surface area contributed by atoms with Crippen LogP contribution >= 0.6 is 0 Å². The van der Waals surface area contributed by atoms with Crippen LogP contribution in [0.1, 0.15) is 35.4 Å². The fraction of sp³-hybridized carbons (Fsp3) is 0.306. The lowest BCUT2D eigenvalue weighted by Crippen LogP contribution is -2.76. The molecule has 3 aliphatic rings. The number of rotatable bonds is 8. The lowest BCUT2D eigenvalue weighted by atomic mass is 9.85. The van der Waals surface area contributed by atoms with Crippen LogP contribution in [0.5, 0.6) is 0 Å². The van der Waals surface area contributed by atoms with Crippen molar-refractivity contribution in [3.05, 3.63) is 131 Å². The van der Waals surface area contributed by atoms with E-state index in [1.165, 1.54) is 5.57 Å². The first-order valence-electron chi connectivity index (χ1n) is 15.4. The second-order valence-electron chi connectivity index (χ2n) is 11.7. The van der Waals surface area contributed by atoms with E-state index in [0.29, 0.717) is 19.5 Å². The number of carbonyl (C=O) groups excluding carboxylic acids is 3. The zero-order chi connectivity index (χ0) is 30.5. The number of likely N-dealkylation sites (N-methyl/N-ethyl adjacent to an activating group) is 1. The number of allylic oxidation sites excluding steroid dienone is 3. The maximum atomic E-state index is 14.4. The number of urea groups is 1. The molecule has 1 N–H and O–H groups in total. The Hall–Kier alpha value is -4.69. The van der Waals surface area contributed by atoms with E-state index in [-0.39, 0.29) is 36.9 Å². The number of carbonyl (C=O) groups is 3.